The Morgan fingerprint density at radius 3 is 3.27 bits per heavy atom. The Morgan fingerprint density at radius 1 is 1.67 bits per heavy atom. The lowest BCUT2D eigenvalue weighted by Gasteiger charge is -2.08. The first-order valence-electron chi connectivity index (χ1n) is 5.09. The molecule has 0 spiro atoms. The van der Waals surface area contributed by atoms with Crippen molar-refractivity contribution in [2.24, 2.45) is 5.92 Å². The molecule has 1 atom stereocenters. The number of amides is 1. The summed E-state index contributed by atoms with van der Waals surface area (Å²) in [4.78, 5) is 19.5. The molecule has 5 nitrogen and oxygen atoms in total. The number of carbonyl (C=O) groups excluding carboxylic acids is 1. The normalized spacial score (nSPS) is 20.1. The Morgan fingerprint density at radius 2 is 2.60 bits per heavy atom. The molecule has 1 aromatic heterocycles. The minimum atomic E-state index is 0.110. The van der Waals surface area contributed by atoms with Gasteiger partial charge in [-0.2, -0.15) is 0 Å². The maximum absolute atomic E-state index is 11.6. The van der Waals surface area contributed by atoms with Crippen LogP contribution in [0.4, 0.5) is 0 Å². The molecule has 0 radical (unpaired) electrons. The molecule has 1 unspecified atom stereocenters. The molecule has 2 N–H and O–H groups in total. The van der Waals surface area contributed by atoms with Crippen molar-refractivity contribution in [3.63, 3.8) is 0 Å². The van der Waals surface area contributed by atoms with Gasteiger partial charge in [-0.15, -0.1) is 0 Å². The summed E-state index contributed by atoms with van der Waals surface area (Å²) in [6.07, 6.45) is 4.08. The van der Waals surface area contributed by atoms with Crippen LogP contribution < -0.4 is 10.6 Å². The topological polar surface area (TPSA) is 66.9 Å². The van der Waals surface area contributed by atoms with Crippen molar-refractivity contribution in [3.8, 4) is 0 Å². The van der Waals surface area contributed by atoms with Crippen molar-refractivity contribution in [3.05, 3.63) is 24.3 Å². The largest absolute Gasteiger partial charge is 0.350 e. The molecule has 80 valence electrons. The second-order valence-electron chi connectivity index (χ2n) is 3.61. The lowest BCUT2D eigenvalue weighted by Crippen LogP contribution is -2.31. The molecule has 0 bridgehead atoms. The third kappa shape index (κ3) is 2.73. The van der Waals surface area contributed by atoms with Crippen molar-refractivity contribution in [2.75, 3.05) is 13.1 Å². The lowest BCUT2D eigenvalue weighted by atomic mass is 10.1. The van der Waals surface area contributed by atoms with Gasteiger partial charge in [0.15, 0.2) is 0 Å². The minimum absolute atomic E-state index is 0.110. The van der Waals surface area contributed by atoms with Crippen LogP contribution in [0.1, 0.15) is 12.1 Å². The summed E-state index contributed by atoms with van der Waals surface area (Å²) in [5.41, 5.74) is 0.837. The van der Waals surface area contributed by atoms with Crippen LogP contribution in [0.3, 0.4) is 0 Å². The molecule has 0 aliphatic carbocycles. The van der Waals surface area contributed by atoms with E-state index in [-0.39, 0.29) is 11.8 Å². The van der Waals surface area contributed by atoms with E-state index >= 15 is 0 Å². The van der Waals surface area contributed by atoms with E-state index in [1.807, 2.05) is 0 Å². The first-order chi connectivity index (χ1) is 7.36. The van der Waals surface area contributed by atoms with Gasteiger partial charge in [0, 0.05) is 12.7 Å². The van der Waals surface area contributed by atoms with Gasteiger partial charge in [-0.05, 0) is 19.0 Å². The number of hydrogen-bond acceptors (Lipinski definition) is 4. The molecule has 1 fully saturated rings. The first-order valence-corrected chi connectivity index (χ1v) is 5.09. The van der Waals surface area contributed by atoms with Crippen LogP contribution in [0.15, 0.2) is 18.6 Å². The molecule has 1 amide bonds. The number of nitrogens with zero attached hydrogens (tertiary/aromatic N) is 2. The van der Waals surface area contributed by atoms with Crippen LogP contribution in [-0.4, -0.2) is 29.0 Å². The molecule has 1 saturated heterocycles. The number of aromatic nitrogens is 2. The van der Waals surface area contributed by atoms with Gasteiger partial charge in [0.2, 0.25) is 5.91 Å². The van der Waals surface area contributed by atoms with Crippen LogP contribution in [0.25, 0.3) is 0 Å². The summed E-state index contributed by atoms with van der Waals surface area (Å²) in [6, 6.07) is 1.80. The van der Waals surface area contributed by atoms with E-state index in [1.54, 1.807) is 12.3 Å². The van der Waals surface area contributed by atoms with Crippen molar-refractivity contribution >= 4 is 5.91 Å². The van der Waals surface area contributed by atoms with E-state index in [1.165, 1.54) is 6.33 Å². The molecule has 1 aliphatic heterocycles. The fourth-order valence-corrected chi connectivity index (χ4v) is 1.62. The summed E-state index contributed by atoms with van der Waals surface area (Å²) < 4.78 is 0. The molecular weight excluding hydrogens is 192 g/mol. The van der Waals surface area contributed by atoms with Gasteiger partial charge < -0.3 is 10.6 Å². The highest BCUT2D eigenvalue weighted by Crippen LogP contribution is 2.07. The van der Waals surface area contributed by atoms with Gasteiger partial charge in [0.05, 0.1) is 18.2 Å². The third-order valence-corrected chi connectivity index (χ3v) is 2.52. The fourth-order valence-electron chi connectivity index (χ4n) is 1.62. The molecule has 0 saturated carbocycles. The zero-order valence-corrected chi connectivity index (χ0v) is 8.44. The van der Waals surface area contributed by atoms with Crippen molar-refractivity contribution in [2.45, 2.75) is 13.0 Å². The second-order valence-corrected chi connectivity index (χ2v) is 3.61. The summed E-state index contributed by atoms with van der Waals surface area (Å²) in [5.74, 6) is 0.227. The molecule has 1 aromatic rings. The molecule has 2 heterocycles. The maximum atomic E-state index is 11.6. The number of nitrogens with one attached hydrogen (secondary N) is 2. The van der Waals surface area contributed by atoms with Crippen LogP contribution in [-0.2, 0) is 11.3 Å². The molecular formula is C10H14N4O. The molecule has 0 aromatic carbocycles. The number of hydrogen-bond donors (Lipinski definition) is 2. The Hall–Kier alpha value is -1.49. The van der Waals surface area contributed by atoms with Crippen LogP contribution in [0.5, 0.6) is 0 Å². The SMILES string of the molecule is O=C(NCc1ccncn1)C1CCNC1. The molecule has 2 rings (SSSR count). The van der Waals surface area contributed by atoms with Gasteiger partial charge in [-0.1, -0.05) is 0 Å². The van der Waals surface area contributed by atoms with Crippen LogP contribution >= 0.6 is 0 Å². The van der Waals surface area contributed by atoms with Gasteiger partial charge >= 0.3 is 0 Å². The van der Waals surface area contributed by atoms with E-state index < -0.39 is 0 Å². The number of rotatable bonds is 3. The first kappa shape index (κ1) is 10.0. The van der Waals surface area contributed by atoms with Gasteiger partial charge in [0.1, 0.15) is 6.33 Å². The van der Waals surface area contributed by atoms with Crippen LogP contribution in [0, 0.1) is 5.92 Å². The Kier molecular flexibility index (Phi) is 3.24. The summed E-state index contributed by atoms with van der Waals surface area (Å²) in [7, 11) is 0. The predicted octanol–water partition coefficient (Wildman–Crippen LogP) is -0.298. The van der Waals surface area contributed by atoms with E-state index in [2.05, 4.69) is 20.6 Å². The maximum Gasteiger partial charge on any atom is 0.224 e. The monoisotopic (exact) mass is 206 g/mol. The zero-order chi connectivity index (χ0) is 10.5. The quantitative estimate of drug-likeness (QED) is 0.712. The highest BCUT2D eigenvalue weighted by molar-refractivity contribution is 5.79. The summed E-state index contributed by atoms with van der Waals surface area (Å²) >= 11 is 0. The van der Waals surface area contributed by atoms with Crippen molar-refractivity contribution in [1.29, 1.82) is 0 Å². The second kappa shape index (κ2) is 4.84. The Labute approximate surface area is 88.3 Å². The molecule has 1 aliphatic rings. The summed E-state index contributed by atoms with van der Waals surface area (Å²) in [6.45, 7) is 2.21. The van der Waals surface area contributed by atoms with E-state index in [0.717, 1.165) is 25.2 Å². The predicted molar refractivity (Wildman–Crippen MR) is 54.9 cm³/mol. The Balaban J connectivity index is 1.80. The standard InChI is InChI=1S/C10H14N4O/c15-10(8-1-3-11-5-8)13-6-9-2-4-12-7-14-9/h2,4,7-8,11H,1,3,5-6H2,(H,13,15). The zero-order valence-electron chi connectivity index (χ0n) is 8.44. The average Bonchev–Trinajstić information content (AvgIpc) is 2.81. The van der Waals surface area contributed by atoms with Crippen molar-refractivity contribution in [1.82, 2.24) is 20.6 Å². The smallest absolute Gasteiger partial charge is 0.224 e. The highest BCUT2D eigenvalue weighted by atomic mass is 16.1. The number of carbonyl (C=O) groups is 1. The van der Waals surface area contributed by atoms with Gasteiger partial charge in [0.25, 0.3) is 0 Å². The van der Waals surface area contributed by atoms with Gasteiger partial charge in [-0.25, -0.2) is 9.97 Å². The van der Waals surface area contributed by atoms with Crippen LogP contribution in [0.2, 0.25) is 0 Å². The molecule has 5 heteroatoms. The fraction of sp³-hybridized carbons (Fsp3) is 0.500. The third-order valence-electron chi connectivity index (χ3n) is 2.52. The highest BCUT2D eigenvalue weighted by Gasteiger charge is 2.21. The van der Waals surface area contributed by atoms with E-state index in [0.29, 0.717) is 6.54 Å². The van der Waals surface area contributed by atoms with E-state index in [9.17, 15) is 4.79 Å². The average molecular weight is 206 g/mol. The van der Waals surface area contributed by atoms with Crippen molar-refractivity contribution < 1.29 is 4.79 Å². The lowest BCUT2D eigenvalue weighted by molar-refractivity contribution is -0.124. The Bertz CT molecular complexity index is 321. The minimum Gasteiger partial charge on any atom is -0.350 e. The molecule has 15 heavy (non-hydrogen) atoms. The van der Waals surface area contributed by atoms with E-state index in [4.69, 9.17) is 0 Å². The van der Waals surface area contributed by atoms with Gasteiger partial charge in [-0.3, -0.25) is 4.79 Å². The summed E-state index contributed by atoms with van der Waals surface area (Å²) in [5, 5.41) is 6.04.